The molecule has 1 heterocycles. The average Bonchev–Trinajstić information content (AvgIpc) is 2.64. The molecule has 76 valence electrons. The number of halogens is 1. The van der Waals surface area contributed by atoms with E-state index in [1.807, 2.05) is 6.07 Å². The Bertz CT molecular complexity index is 338. The molecule has 0 aromatic heterocycles. The van der Waals surface area contributed by atoms with Gasteiger partial charge in [0.1, 0.15) is 11.6 Å². The fraction of sp³-hybridized carbons (Fsp3) is 0.455. The molecule has 1 aliphatic heterocycles. The van der Waals surface area contributed by atoms with Gasteiger partial charge in [0.05, 0.1) is 6.61 Å². The van der Waals surface area contributed by atoms with E-state index < -0.39 is 0 Å². The van der Waals surface area contributed by atoms with Crippen LogP contribution in [0.1, 0.15) is 17.5 Å². The van der Waals surface area contributed by atoms with Crippen LogP contribution in [0.4, 0.5) is 4.39 Å². The first-order valence-electron chi connectivity index (χ1n) is 4.96. The molecule has 0 saturated heterocycles. The van der Waals surface area contributed by atoms with Crippen LogP contribution in [-0.4, -0.2) is 13.2 Å². The maximum Gasteiger partial charge on any atom is 0.130 e. The Morgan fingerprint density at radius 1 is 1.43 bits per heavy atom. The van der Waals surface area contributed by atoms with Crippen molar-refractivity contribution < 1.29 is 9.13 Å². The molecule has 2 nitrogen and oxygen atoms in total. The van der Waals surface area contributed by atoms with Crippen molar-refractivity contribution in [2.45, 2.75) is 19.3 Å². The topological polar surface area (TPSA) is 35.2 Å². The molecule has 3 heteroatoms. The molecule has 14 heavy (non-hydrogen) atoms. The van der Waals surface area contributed by atoms with Crippen molar-refractivity contribution in [2.75, 3.05) is 13.2 Å². The van der Waals surface area contributed by atoms with Crippen LogP contribution < -0.4 is 10.5 Å². The second-order valence-electron chi connectivity index (χ2n) is 3.50. The zero-order chi connectivity index (χ0) is 9.97. The number of hydrogen-bond acceptors (Lipinski definition) is 2. The highest BCUT2D eigenvalue weighted by Gasteiger charge is 2.18. The SMILES string of the molecule is NCCCc1c(F)ccc2c1OCC2. The zero-order valence-corrected chi connectivity index (χ0v) is 8.05. The van der Waals surface area contributed by atoms with E-state index in [1.165, 1.54) is 6.07 Å². The lowest BCUT2D eigenvalue weighted by atomic mass is 10.0. The van der Waals surface area contributed by atoms with Gasteiger partial charge in [0.15, 0.2) is 0 Å². The van der Waals surface area contributed by atoms with Crippen LogP contribution in [0.3, 0.4) is 0 Å². The first-order chi connectivity index (χ1) is 6.83. The molecule has 0 atom stereocenters. The molecule has 0 radical (unpaired) electrons. The Kier molecular flexibility index (Phi) is 2.68. The van der Waals surface area contributed by atoms with Crippen LogP contribution in [0, 0.1) is 5.82 Å². The highest BCUT2D eigenvalue weighted by molar-refractivity contribution is 5.44. The van der Waals surface area contributed by atoms with Gasteiger partial charge in [-0.15, -0.1) is 0 Å². The Hall–Kier alpha value is -1.09. The molecular formula is C11H14FNO. The van der Waals surface area contributed by atoms with E-state index in [4.69, 9.17) is 10.5 Å². The first-order valence-corrected chi connectivity index (χ1v) is 4.96. The zero-order valence-electron chi connectivity index (χ0n) is 8.05. The van der Waals surface area contributed by atoms with Crippen molar-refractivity contribution in [3.8, 4) is 5.75 Å². The lowest BCUT2D eigenvalue weighted by Gasteiger charge is -2.08. The van der Waals surface area contributed by atoms with Crippen molar-refractivity contribution in [2.24, 2.45) is 5.73 Å². The Morgan fingerprint density at radius 2 is 2.29 bits per heavy atom. The minimum atomic E-state index is -0.167. The Morgan fingerprint density at radius 3 is 3.07 bits per heavy atom. The number of rotatable bonds is 3. The van der Waals surface area contributed by atoms with Crippen molar-refractivity contribution in [1.82, 2.24) is 0 Å². The smallest absolute Gasteiger partial charge is 0.130 e. The third-order valence-corrected chi connectivity index (χ3v) is 2.53. The molecule has 1 aromatic carbocycles. The van der Waals surface area contributed by atoms with E-state index in [9.17, 15) is 4.39 Å². The van der Waals surface area contributed by atoms with Gasteiger partial charge in [0.2, 0.25) is 0 Å². The third-order valence-electron chi connectivity index (χ3n) is 2.53. The van der Waals surface area contributed by atoms with Gasteiger partial charge in [0.25, 0.3) is 0 Å². The molecule has 1 aromatic rings. The number of hydrogen-bond donors (Lipinski definition) is 1. The van der Waals surface area contributed by atoms with Crippen LogP contribution in [0.25, 0.3) is 0 Å². The maximum absolute atomic E-state index is 13.4. The van der Waals surface area contributed by atoms with Gasteiger partial charge in [-0.2, -0.15) is 0 Å². The molecule has 0 saturated carbocycles. The lowest BCUT2D eigenvalue weighted by molar-refractivity contribution is 0.350. The summed E-state index contributed by atoms with van der Waals surface area (Å²) >= 11 is 0. The monoisotopic (exact) mass is 195 g/mol. The fourth-order valence-corrected chi connectivity index (χ4v) is 1.80. The van der Waals surface area contributed by atoms with Crippen LogP contribution >= 0.6 is 0 Å². The number of ether oxygens (including phenoxy) is 1. The van der Waals surface area contributed by atoms with Gasteiger partial charge >= 0.3 is 0 Å². The Balaban J connectivity index is 2.31. The molecular weight excluding hydrogens is 181 g/mol. The number of benzene rings is 1. The van der Waals surface area contributed by atoms with Gasteiger partial charge in [-0.05, 0) is 31.0 Å². The van der Waals surface area contributed by atoms with Gasteiger partial charge in [-0.1, -0.05) is 6.07 Å². The van der Waals surface area contributed by atoms with Crippen LogP contribution in [0.5, 0.6) is 5.75 Å². The summed E-state index contributed by atoms with van der Waals surface area (Å²) in [4.78, 5) is 0. The van der Waals surface area contributed by atoms with Crippen molar-refractivity contribution >= 4 is 0 Å². The third kappa shape index (κ3) is 1.60. The number of fused-ring (bicyclic) bond motifs is 1. The van der Waals surface area contributed by atoms with Crippen LogP contribution in [0.15, 0.2) is 12.1 Å². The molecule has 2 rings (SSSR count). The van der Waals surface area contributed by atoms with Crippen molar-refractivity contribution in [3.05, 3.63) is 29.1 Å². The van der Waals surface area contributed by atoms with Crippen LogP contribution in [0.2, 0.25) is 0 Å². The second-order valence-corrected chi connectivity index (χ2v) is 3.50. The van der Waals surface area contributed by atoms with Gasteiger partial charge in [0, 0.05) is 12.0 Å². The normalized spacial score (nSPS) is 13.9. The van der Waals surface area contributed by atoms with Crippen molar-refractivity contribution in [1.29, 1.82) is 0 Å². The van der Waals surface area contributed by atoms with E-state index >= 15 is 0 Å². The predicted molar refractivity (Wildman–Crippen MR) is 53.0 cm³/mol. The molecule has 0 aliphatic carbocycles. The van der Waals surface area contributed by atoms with E-state index in [-0.39, 0.29) is 5.82 Å². The molecule has 0 bridgehead atoms. The molecule has 0 amide bonds. The number of nitrogens with two attached hydrogens (primary N) is 1. The standard InChI is InChI=1S/C11H14FNO/c12-10-4-3-8-5-7-14-11(8)9(10)2-1-6-13/h3-4H,1-2,5-7,13H2. The van der Waals surface area contributed by atoms with E-state index in [1.54, 1.807) is 0 Å². The minimum absolute atomic E-state index is 0.167. The van der Waals surface area contributed by atoms with E-state index in [0.29, 0.717) is 25.1 Å². The van der Waals surface area contributed by atoms with E-state index in [2.05, 4.69) is 0 Å². The molecule has 0 spiro atoms. The minimum Gasteiger partial charge on any atom is -0.493 e. The summed E-state index contributed by atoms with van der Waals surface area (Å²) in [6.07, 6.45) is 2.37. The van der Waals surface area contributed by atoms with Crippen molar-refractivity contribution in [3.63, 3.8) is 0 Å². The highest BCUT2D eigenvalue weighted by Crippen LogP contribution is 2.32. The highest BCUT2D eigenvalue weighted by atomic mass is 19.1. The summed E-state index contributed by atoms with van der Waals surface area (Å²) in [6.45, 7) is 1.26. The molecule has 0 fully saturated rings. The lowest BCUT2D eigenvalue weighted by Crippen LogP contribution is -2.03. The summed E-state index contributed by atoms with van der Waals surface area (Å²) in [7, 11) is 0. The predicted octanol–water partition coefficient (Wildman–Crippen LogP) is 1.65. The average molecular weight is 195 g/mol. The van der Waals surface area contributed by atoms with Gasteiger partial charge in [-0.3, -0.25) is 0 Å². The van der Waals surface area contributed by atoms with E-state index in [0.717, 1.165) is 24.2 Å². The molecule has 0 unspecified atom stereocenters. The summed E-state index contributed by atoms with van der Waals surface area (Å²) in [5, 5.41) is 0. The maximum atomic E-state index is 13.4. The Labute approximate surface area is 82.9 Å². The summed E-state index contributed by atoms with van der Waals surface area (Å²) in [6, 6.07) is 3.34. The summed E-state index contributed by atoms with van der Waals surface area (Å²) < 4.78 is 18.9. The largest absolute Gasteiger partial charge is 0.493 e. The fourth-order valence-electron chi connectivity index (χ4n) is 1.80. The summed E-state index contributed by atoms with van der Waals surface area (Å²) in [5.41, 5.74) is 7.23. The second kappa shape index (κ2) is 3.96. The molecule has 2 N–H and O–H groups in total. The summed E-state index contributed by atoms with van der Waals surface area (Å²) in [5.74, 6) is 0.595. The first kappa shape index (κ1) is 9.46. The van der Waals surface area contributed by atoms with Crippen LogP contribution in [-0.2, 0) is 12.8 Å². The van der Waals surface area contributed by atoms with Gasteiger partial charge in [-0.25, -0.2) is 4.39 Å². The van der Waals surface area contributed by atoms with Gasteiger partial charge < -0.3 is 10.5 Å². The quantitative estimate of drug-likeness (QED) is 0.796. The molecule has 1 aliphatic rings.